The summed E-state index contributed by atoms with van der Waals surface area (Å²) in [5.41, 5.74) is 6.67. The van der Waals surface area contributed by atoms with Crippen molar-refractivity contribution >= 4 is 27.8 Å². The van der Waals surface area contributed by atoms with Crippen molar-refractivity contribution < 1.29 is 14.3 Å². The van der Waals surface area contributed by atoms with Crippen LogP contribution in [0.25, 0.3) is 0 Å². The van der Waals surface area contributed by atoms with E-state index in [1.165, 1.54) is 11.3 Å². The Morgan fingerprint density at radius 3 is 2.71 bits per heavy atom. The number of hydrogen-bond donors (Lipinski definition) is 1. The number of carbonyl (C=O) groups is 1. The molecule has 1 aliphatic carbocycles. The van der Waals surface area contributed by atoms with Crippen molar-refractivity contribution in [1.29, 1.82) is 0 Å². The minimum atomic E-state index is 0.177. The highest BCUT2D eigenvalue weighted by Crippen LogP contribution is 2.48. The first-order valence-electron chi connectivity index (χ1n) is 7.44. The lowest BCUT2D eigenvalue weighted by atomic mass is 10.1. The Hall–Kier alpha value is -1.27. The molecule has 1 aliphatic heterocycles. The molecule has 2 aliphatic rings. The van der Waals surface area contributed by atoms with E-state index >= 15 is 0 Å². The fraction of sp³-hybridized carbons (Fsp3) is 0.667. The van der Waals surface area contributed by atoms with Gasteiger partial charge in [-0.15, -0.1) is 11.3 Å². The summed E-state index contributed by atoms with van der Waals surface area (Å²) in [4.78, 5) is 15.3. The highest BCUT2D eigenvalue weighted by molar-refractivity contribution is 7.19. The summed E-state index contributed by atoms with van der Waals surface area (Å²) in [5.74, 6) is 1.01. The first kappa shape index (κ1) is 14.7. The molecule has 1 saturated carbocycles. The lowest BCUT2D eigenvalue weighted by Crippen LogP contribution is -2.38. The first-order chi connectivity index (χ1) is 10.2. The number of anilines is 2. The summed E-state index contributed by atoms with van der Waals surface area (Å²) < 4.78 is 11.0. The Kier molecular flexibility index (Phi) is 4.08. The predicted octanol–water partition coefficient (Wildman–Crippen LogP) is 2.55. The molecule has 1 aromatic heterocycles. The lowest BCUT2D eigenvalue weighted by Gasteiger charge is -2.32. The monoisotopic (exact) mass is 310 g/mol. The average Bonchev–Trinajstić information content (AvgIpc) is 3.30. The number of piperidine rings is 1. The summed E-state index contributed by atoms with van der Waals surface area (Å²) in [7, 11) is 3.36. The molecule has 1 atom stereocenters. The molecule has 116 valence electrons. The van der Waals surface area contributed by atoms with Crippen molar-refractivity contribution in [3.63, 3.8) is 0 Å². The van der Waals surface area contributed by atoms with E-state index < -0.39 is 0 Å². The lowest BCUT2D eigenvalue weighted by molar-refractivity contribution is 0.0894. The summed E-state index contributed by atoms with van der Waals surface area (Å²) in [6.45, 7) is 1.77. The zero-order chi connectivity index (χ0) is 15.0. The third kappa shape index (κ3) is 2.74. The summed E-state index contributed by atoms with van der Waals surface area (Å²) >= 11 is 1.48. The van der Waals surface area contributed by atoms with E-state index in [1.807, 2.05) is 0 Å². The van der Waals surface area contributed by atoms with E-state index in [-0.39, 0.29) is 17.8 Å². The van der Waals surface area contributed by atoms with Gasteiger partial charge in [-0.05, 0) is 25.7 Å². The number of nitrogens with zero attached hydrogens (tertiary/aromatic N) is 1. The molecule has 2 fully saturated rings. The largest absolute Gasteiger partial charge is 0.492 e. The molecule has 0 amide bonds. The molecule has 0 aromatic carbocycles. The SMILES string of the molecule is COc1c(N2CCCC(OC)C2)sc(C(=O)C2CC2)c1N. The molecule has 1 saturated heterocycles. The first-order valence-corrected chi connectivity index (χ1v) is 8.25. The van der Waals surface area contributed by atoms with Gasteiger partial charge in [0, 0.05) is 26.1 Å². The normalized spacial score (nSPS) is 22.4. The Morgan fingerprint density at radius 1 is 1.33 bits per heavy atom. The quantitative estimate of drug-likeness (QED) is 0.847. The fourth-order valence-electron chi connectivity index (χ4n) is 2.85. The van der Waals surface area contributed by atoms with Crippen molar-refractivity contribution in [3.05, 3.63) is 4.88 Å². The second kappa shape index (κ2) is 5.85. The molecule has 2 heterocycles. The maximum absolute atomic E-state index is 12.3. The molecule has 0 bridgehead atoms. The van der Waals surface area contributed by atoms with E-state index in [4.69, 9.17) is 15.2 Å². The Labute approximate surface area is 129 Å². The zero-order valence-electron chi connectivity index (χ0n) is 12.6. The minimum Gasteiger partial charge on any atom is -0.492 e. The van der Waals surface area contributed by atoms with Gasteiger partial charge in [0.1, 0.15) is 5.00 Å². The third-order valence-corrected chi connectivity index (χ3v) is 5.52. The van der Waals surface area contributed by atoms with Gasteiger partial charge < -0.3 is 20.1 Å². The molecular formula is C15H22N2O3S. The van der Waals surface area contributed by atoms with Crippen LogP contribution in [0.2, 0.25) is 0 Å². The van der Waals surface area contributed by atoms with Crippen LogP contribution in [0.3, 0.4) is 0 Å². The van der Waals surface area contributed by atoms with Gasteiger partial charge in [0.25, 0.3) is 0 Å². The number of thiophene rings is 1. The van der Waals surface area contributed by atoms with Crippen LogP contribution in [-0.4, -0.2) is 39.2 Å². The molecule has 6 heteroatoms. The van der Waals surface area contributed by atoms with Crippen molar-refractivity contribution in [1.82, 2.24) is 0 Å². The van der Waals surface area contributed by atoms with Crippen LogP contribution in [0.5, 0.6) is 5.75 Å². The maximum Gasteiger partial charge on any atom is 0.178 e. The van der Waals surface area contributed by atoms with Crippen molar-refractivity contribution in [2.45, 2.75) is 31.8 Å². The van der Waals surface area contributed by atoms with Crippen LogP contribution in [0.1, 0.15) is 35.4 Å². The number of nitrogens with two attached hydrogens (primary N) is 1. The number of carbonyl (C=O) groups excluding carboxylic acids is 1. The second-order valence-electron chi connectivity index (χ2n) is 5.77. The molecule has 2 N–H and O–H groups in total. The zero-order valence-corrected chi connectivity index (χ0v) is 13.4. The number of ketones is 1. The molecule has 0 radical (unpaired) electrons. The van der Waals surface area contributed by atoms with Crippen molar-refractivity contribution in [3.8, 4) is 5.75 Å². The smallest absolute Gasteiger partial charge is 0.178 e. The highest BCUT2D eigenvalue weighted by Gasteiger charge is 2.35. The Bertz CT molecular complexity index is 539. The minimum absolute atomic E-state index is 0.177. The molecule has 21 heavy (non-hydrogen) atoms. The van der Waals surface area contributed by atoms with Crippen LogP contribution >= 0.6 is 11.3 Å². The molecule has 0 spiro atoms. The van der Waals surface area contributed by atoms with E-state index in [1.54, 1.807) is 14.2 Å². The van der Waals surface area contributed by atoms with Gasteiger partial charge in [-0.2, -0.15) is 0 Å². The van der Waals surface area contributed by atoms with E-state index in [0.29, 0.717) is 16.3 Å². The van der Waals surface area contributed by atoms with E-state index in [0.717, 1.165) is 43.8 Å². The molecule has 5 nitrogen and oxygen atoms in total. The number of ether oxygens (including phenoxy) is 2. The highest BCUT2D eigenvalue weighted by atomic mass is 32.1. The van der Waals surface area contributed by atoms with Crippen LogP contribution < -0.4 is 15.4 Å². The topological polar surface area (TPSA) is 64.8 Å². The van der Waals surface area contributed by atoms with E-state index in [9.17, 15) is 4.79 Å². The van der Waals surface area contributed by atoms with Crippen molar-refractivity contribution in [2.24, 2.45) is 5.92 Å². The van der Waals surface area contributed by atoms with Gasteiger partial charge in [-0.25, -0.2) is 0 Å². The molecule has 1 unspecified atom stereocenters. The number of nitrogen functional groups attached to an aromatic ring is 1. The van der Waals surface area contributed by atoms with E-state index in [2.05, 4.69) is 4.90 Å². The molecule has 3 rings (SSSR count). The van der Waals surface area contributed by atoms with Gasteiger partial charge in [-0.1, -0.05) is 0 Å². The Morgan fingerprint density at radius 2 is 2.10 bits per heavy atom. The van der Waals surface area contributed by atoms with Crippen LogP contribution in [-0.2, 0) is 4.74 Å². The van der Waals surface area contributed by atoms with Gasteiger partial charge >= 0.3 is 0 Å². The Balaban J connectivity index is 1.90. The number of hydrogen-bond acceptors (Lipinski definition) is 6. The van der Waals surface area contributed by atoms with Gasteiger partial charge in [0.2, 0.25) is 0 Å². The number of rotatable bonds is 5. The molecule has 1 aromatic rings. The summed E-state index contributed by atoms with van der Waals surface area (Å²) in [5, 5.41) is 0.973. The van der Waals surface area contributed by atoms with Gasteiger partial charge in [0.05, 0.1) is 23.8 Å². The number of Topliss-reactive ketones (excluding diaryl/α,β-unsaturated/α-hetero) is 1. The van der Waals surface area contributed by atoms with Gasteiger partial charge in [-0.3, -0.25) is 4.79 Å². The predicted molar refractivity (Wildman–Crippen MR) is 84.6 cm³/mol. The van der Waals surface area contributed by atoms with Crippen LogP contribution in [0, 0.1) is 5.92 Å². The maximum atomic E-state index is 12.3. The summed E-state index contributed by atoms with van der Waals surface area (Å²) in [6.07, 6.45) is 4.36. The fourth-order valence-corrected chi connectivity index (χ4v) is 4.09. The summed E-state index contributed by atoms with van der Waals surface area (Å²) in [6, 6.07) is 0. The van der Waals surface area contributed by atoms with Gasteiger partial charge in [0.15, 0.2) is 11.5 Å². The van der Waals surface area contributed by atoms with Crippen molar-refractivity contribution in [2.75, 3.05) is 37.9 Å². The standard InChI is InChI=1S/C15H22N2O3S/c1-19-10-4-3-7-17(8-10)15-13(20-2)11(16)14(21-15)12(18)9-5-6-9/h9-10H,3-8,16H2,1-2H3. The van der Waals surface area contributed by atoms with Crippen LogP contribution in [0.4, 0.5) is 10.7 Å². The average molecular weight is 310 g/mol. The molecular weight excluding hydrogens is 288 g/mol. The van der Waals surface area contributed by atoms with Crippen LogP contribution in [0.15, 0.2) is 0 Å². The third-order valence-electron chi connectivity index (χ3n) is 4.26. The number of methoxy groups -OCH3 is 2. The second-order valence-corrected chi connectivity index (χ2v) is 6.77.